The number of halogens is 1. The molecule has 0 aromatic heterocycles. The van der Waals surface area contributed by atoms with Crippen LogP contribution in [0.5, 0.6) is 11.5 Å². The highest BCUT2D eigenvalue weighted by Gasteiger charge is 2.21. The van der Waals surface area contributed by atoms with Crippen LogP contribution in [0.15, 0.2) is 60.7 Å². The lowest BCUT2D eigenvalue weighted by molar-refractivity contribution is 0.215. The van der Waals surface area contributed by atoms with Gasteiger partial charge in [0.15, 0.2) is 11.5 Å². The highest BCUT2D eigenvalue weighted by atomic mass is 19.1. The molecule has 1 aliphatic heterocycles. The zero-order valence-electron chi connectivity index (χ0n) is 16.2. The lowest BCUT2D eigenvalue weighted by Gasteiger charge is -2.20. The van der Waals surface area contributed by atoms with Crippen LogP contribution in [0.3, 0.4) is 0 Å². The predicted octanol–water partition coefficient (Wildman–Crippen LogP) is 5.20. The van der Waals surface area contributed by atoms with E-state index in [9.17, 15) is 4.39 Å². The van der Waals surface area contributed by atoms with Crippen molar-refractivity contribution in [2.45, 2.75) is 20.0 Å². The second-order valence-electron chi connectivity index (χ2n) is 7.18. The van der Waals surface area contributed by atoms with Crippen LogP contribution in [0.25, 0.3) is 11.1 Å². The molecule has 0 unspecified atom stereocenters. The van der Waals surface area contributed by atoms with Gasteiger partial charge in [-0.3, -0.25) is 4.90 Å². The van der Waals surface area contributed by atoms with Crippen LogP contribution in [-0.2, 0) is 13.1 Å². The fourth-order valence-electron chi connectivity index (χ4n) is 3.60. The van der Waals surface area contributed by atoms with Gasteiger partial charge in [0.05, 0.1) is 7.11 Å². The van der Waals surface area contributed by atoms with Crippen LogP contribution in [0.2, 0.25) is 0 Å². The third-order valence-electron chi connectivity index (χ3n) is 5.14. The molecule has 0 N–H and O–H groups in total. The van der Waals surface area contributed by atoms with E-state index in [2.05, 4.69) is 42.2 Å². The standard InChI is InChI=1S/C24H24FNO2/c1-17-7-9-18(10-8-17)20-13-21-16-26(15-19-5-3-4-6-22(19)25)11-12-28-24(21)23(14-20)27-2/h3-10,13-14H,11-12,15-16H2,1-2H3. The number of aryl methyl sites for hydroxylation is 1. The Kier molecular flexibility index (Phi) is 5.31. The van der Waals surface area contributed by atoms with E-state index in [4.69, 9.17) is 9.47 Å². The van der Waals surface area contributed by atoms with Crippen LogP contribution >= 0.6 is 0 Å². The first-order valence-corrected chi connectivity index (χ1v) is 9.50. The van der Waals surface area contributed by atoms with Gasteiger partial charge in [0.2, 0.25) is 0 Å². The van der Waals surface area contributed by atoms with Gasteiger partial charge in [0.25, 0.3) is 0 Å². The van der Waals surface area contributed by atoms with Crippen LogP contribution in [0.4, 0.5) is 4.39 Å². The van der Waals surface area contributed by atoms with Crippen molar-refractivity contribution in [3.63, 3.8) is 0 Å². The van der Waals surface area contributed by atoms with Gasteiger partial charge in [-0.25, -0.2) is 4.39 Å². The largest absolute Gasteiger partial charge is 0.493 e. The second-order valence-corrected chi connectivity index (χ2v) is 7.18. The van der Waals surface area contributed by atoms with Crippen LogP contribution in [0, 0.1) is 12.7 Å². The summed E-state index contributed by atoms with van der Waals surface area (Å²) in [5, 5.41) is 0. The molecule has 3 aromatic rings. The third kappa shape index (κ3) is 3.87. The van der Waals surface area contributed by atoms with Gasteiger partial charge < -0.3 is 9.47 Å². The molecule has 0 amide bonds. The van der Waals surface area contributed by atoms with E-state index in [1.165, 1.54) is 11.6 Å². The zero-order chi connectivity index (χ0) is 19.5. The summed E-state index contributed by atoms with van der Waals surface area (Å²) in [5.74, 6) is 1.36. The summed E-state index contributed by atoms with van der Waals surface area (Å²) in [6.45, 7) is 4.58. The molecule has 0 saturated carbocycles. The maximum Gasteiger partial charge on any atom is 0.165 e. The Morgan fingerprint density at radius 2 is 1.82 bits per heavy atom. The van der Waals surface area contributed by atoms with E-state index in [1.54, 1.807) is 13.2 Å². The molecular weight excluding hydrogens is 353 g/mol. The summed E-state index contributed by atoms with van der Waals surface area (Å²) >= 11 is 0. The normalized spacial score (nSPS) is 14.1. The highest BCUT2D eigenvalue weighted by molar-refractivity contribution is 5.69. The molecule has 144 valence electrons. The number of nitrogens with zero attached hydrogens (tertiary/aromatic N) is 1. The topological polar surface area (TPSA) is 21.7 Å². The molecule has 4 heteroatoms. The Labute approximate surface area is 165 Å². The van der Waals surface area contributed by atoms with E-state index in [0.717, 1.165) is 34.7 Å². The van der Waals surface area contributed by atoms with Crippen molar-refractivity contribution in [3.8, 4) is 22.6 Å². The van der Waals surface area contributed by atoms with E-state index in [1.807, 2.05) is 18.2 Å². The summed E-state index contributed by atoms with van der Waals surface area (Å²) in [6, 6.07) is 19.6. The van der Waals surface area contributed by atoms with Crippen LogP contribution < -0.4 is 9.47 Å². The van der Waals surface area contributed by atoms with Crippen LogP contribution in [0.1, 0.15) is 16.7 Å². The number of methoxy groups -OCH3 is 1. The lowest BCUT2D eigenvalue weighted by Crippen LogP contribution is -2.25. The molecule has 0 radical (unpaired) electrons. The summed E-state index contributed by atoms with van der Waals surface area (Å²) in [6.07, 6.45) is 0. The molecule has 0 bridgehead atoms. The number of fused-ring (bicyclic) bond motifs is 1. The summed E-state index contributed by atoms with van der Waals surface area (Å²) in [5.41, 5.74) is 5.21. The number of hydrogen-bond donors (Lipinski definition) is 0. The highest BCUT2D eigenvalue weighted by Crippen LogP contribution is 2.38. The van der Waals surface area contributed by atoms with Gasteiger partial charge in [-0.05, 0) is 36.2 Å². The first kappa shape index (κ1) is 18.5. The molecule has 0 aliphatic carbocycles. The first-order valence-electron chi connectivity index (χ1n) is 9.50. The molecule has 3 aromatic carbocycles. The minimum Gasteiger partial charge on any atom is -0.493 e. The zero-order valence-corrected chi connectivity index (χ0v) is 16.2. The lowest BCUT2D eigenvalue weighted by atomic mass is 10.0. The number of benzene rings is 3. The van der Waals surface area contributed by atoms with E-state index in [0.29, 0.717) is 25.3 Å². The van der Waals surface area contributed by atoms with Crippen molar-refractivity contribution in [2.24, 2.45) is 0 Å². The van der Waals surface area contributed by atoms with Gasteiger partial charge in [0, 0.05) is 30.8 Å². The average molecular weight is 377 g/mol. The van der Waals surface area contributed by atoms with Crippen molar-refractivity contribution in [1.82, 2.24) is 4.90 Å². The van der Waals surface area contributed by atoms with Gasteiger partial charge in [-0.2, -0.15) is 0 Å². The SMILES string of the molecule is COc1cc(-c2ccc(C)cc2)cc2c1OCCN(Cc1ccccc1F)C2. The Morgan fingerprint density at radius 1 is 1.04 bits per heavy atom. The maximum atomic E-state index is 14.1. The number of ether oxygens (including phenoxy) is 2. The quantitative estimate of drug-likeness (QED) is 0.623. The maximum absolute atomic E-state index is 14.1. The van der Waals surface area contributed by atoms with E-state index in [-0.39, 0.29) is 5.82 Å². The minimum absolute atomic E-state index is 0.168. The molecule has 0 fully saturated rings. The molecule has 28 heavy (non-hydrogen) atoms. The molecule has 4 rings (SSSR count). The molecule has 0 saturated heterocycles. The molecular formula is C24H24FNO2. The van der Waals surface area contributed by atoms with Gasteiger partial charge in [-0.1, -0.05) is 48.0 Å². The first-order chi connectivity index (χ1) is 13.6. The third-order valence-corrected chi connectivity index (χ3v) is 5.14. The minimum atomic E-state index is -0.168. The van der Waals surface area contributed by atoms with Gasteiger partial charge in [0.1, 0.15) is 12.4 Å². The van der Waals surface area contributed by atoms with Crippen LogP contribution in [-0.4, -0.2) is 25.2 Å². The average Bonchev–Trinajstić information content (AvgIpc) is 2.91. The Morgan fingerprint density at radius 3 is 2.57 bits per heavy atom. The Balaban J connectivity index is 1.67. The van der Waals surface area contributed by atoms with Crippen molar-refractivity contribution < 1.29 is 13.9 Å². The second kappa shape index (κ2) is 8.03. The number of hydrogen-bond acceptors (Lipinski definition) is 3. The van der Waals surface area contributed by atoms with Crippen molar-refractivity contribution in [3.05, 3.63) is 83.2 Å². The molecule has 3 nitrogen and oxygen atoms in total. The Bertz CT molecular complexity index is 969. The Hall–Kier alpha value is -2.85. The summed E-state index contributed by atoms with van der Waals surface area (Å²) in [4.78, 5) is 2.21. The van der Waals surface area contributed by atoms with Crippen molar-refractivity contribution in [1.29, 1.82) is 0 Å². The summed E-state index contributed by atoms with van der Waals surface area (Å²) < 4.78 is 25.7. The van der Waals surface area contributed by atoms with Gasteiger partial charge >= 0.3 is 0 Å². The molecule has 1 aliphatic rings. The monoisotopic (exact) mass is 377 g/mol. The number of rotatable bonds is 4. The van der Waals surface area contributed by atoms with Crippen molar-refractivity contribution in [2.75, 3.05) is 20.3 Å². The van der Waals surface area contributed by atoms with Gasteiger partial charge in [-0.15, -0.1) is 0 Å². The van der Waals surface area contributed by atoms with E-state index >= 15 is 0 Å². The summed E-state index contributed by atoms with van der Waals surface area (Å²) in [7, 11) is 1.67. The predicted molar refractivity (Wildman–Crippen MR) is 109 cm³/mol. The fraction of sp³-hybridized carbons (Fsp3) is 0.250. The van der Waals surface area contributed by atoms with E-state index < -0.39 is 0 Å². The molecule has 1 heterocycles. The smallest absolute Gasteiger partial charge is 0.165 e. The molecule has 0 spiro atoms. The fourth-order valence-corrected chi connectivity index (χ4v) is 3.60. The van der Waals surface area contributed by atoms with Crippen molar-refractivity contribution >= 4 is 0 Å². The molecule has 0 atom stereocenters.